The van der Waals surface area contributed by atoms with Crippen molar-refractivity contribution >= 4 is 23.4 Å². The van der Waals surface area contributed by atoms with E-state index in [0.29, 0.717) is 11.4 Å². The Morgan fingerprint density at radius 3 is 2.45 bits per heavy atom. The van der Waals surface area contributed by atoms with Gasteiger partial charge in [0.1, 0.15) is 23.4 Å². The first-order chi connectivity index (χ1) is 14.0. The van der Waals surface area contributed by atoms with Crippen molar-refractivity contribution in [1.82, 2.24) is 0 Å². The van der Waals surface area contributed by atoms with Crippen LogP contribution in [-0.2, 0) is 4.79 Å². The Balaban J connectivity index is 1.66. The molecule has 0 saturated carbocycles. The van der Waals surface area contributed by atoms with Crippen LogP contribution in [0.5, 0.6) is 17.2 Å². The number of thioether (sulfide) groups is 1. The van der Waals surface area contributed by atoms with Crippen molar-refractivity contribution in [3.63, 3.8) is 0 Å². The molecule has 0 aromatic heterocycles. The minimum Gasteiger partial charge on any atom is -0.497 e. The highest BCUT2D eigenvalue weighted by Crippen LogP contribution is 2.45. The molecule has 0 fully saturated rings. The lowest BCUT2D eigenvalue weighted by Crippen LogP contribution is -2.30. The van der Waals surface area contributed by atoms with Crippen LogP contribution >= 0.6 is 11.8 Å². The molecule has 1 heterocycles. The van der Waals surface area contributed by atoms with Crippen LogP contribution in [0.25, 0.3) is 0 Å². The Labute approximate surface area is 173 Å². The van der Waals surface area contributed by atoms with Crippen molar-refractivity contribution < 1.29 is 19.4 Å². The van der Waals surface area contributed by atoms with Gasteiger partial charge in [-0.25, -0.2) is 0 Å². The smallest absolute Gasteiger partial charge is 0.254 e. The van der Waals surface area contributed by atoms with Crippen LogP contribution in [0.4, 0.5) is 5.69 Å². The second-order valence-electron chi connectivity index (χ2n) is 6.77. The fourth-order valence-corrected chi connectivity index (χ4v) is 4.40. The molecule has 1 amide bonds. The molecule has 0 bridgehead atoms. The summed E-state index contributed by atoms with van der Waals surface area (Å²) in [4.78, 5) is 13.3. The lowest BCUT2D eigenvalue weighted by Gasteiger charge is -2.19. The number of amides is 1. The van der Waals surface area contributed by atoms with Gasteiger partial charge >= 0.3 is 0 Å². The Morgan fingerprint density at radius 1 is 1.00 bits per heavy atom. The second kappa shape index (κ2) is 8.19. The monoisotopic (exact) mass is 407 g/mol. The molecular formula is C23H21NO4S. The van der Waals surface area contributed by atoms with Gasteiger partial charge in [0, 0.05) is 4.90 Å². The maximum Gasteiger partial charge on any atom is 0.254 e. The van der Waals surface area contributed by atoms with Crippen LogP contribution in [-0.4, -0.2) is 24.2 Å². The highest BCUT2D eigenvalue weighted by Gasteiger charge is 2.33. The van der Waals surface area contributed by atoms with Gasteiger partial charge in [-0.05, 0) is 54.4 Å². The zero-order valence-corrected chi connectivity index (χ0v) is 16.9. The number of methoxy groups -OCH3 is 1. The number of hydrogen-bond acceptors (Lipinski definition) is 5. The van der Waals surface area contributed by atoms with Gasteiger partial charge in [0.2, 0.25) is 0 Å². The topological polar surface area (TPSA) is 67.8 Å². The van der Waals surface area contributed by atoms with E-state index in [1.807, 2.05) is 67.6 Å². The van der Waals surface area contributed by atoms with E-state index in [1.165, 1.54) is 11.8 Å². The van der Waals surface area contributed by atoms with E-state index in [2.05, 4.69) is 5.32 Å². The van der Waals surface area contributed by atoms with Crippen LogP contribution in [0.15, 0.2) is 71.6 Å². The van der Waals surface area contributed by atoms with Crippen molar-refractivity contribution in [3.05, 3.63) is 77.9 Å². The maximum absolute atomic E-state index is 12.5. The fraction of sp³-hybridized carbons (Fsp3) is 0.174. The molecule has 6 heteroatoms. The third-order valence-electron chi connectivity index (χ3n) is 4.79. The van der Waals surface area contributed by atoms with Crippen LogP contribution in [0.1, 0.15) is 16.4 Å². The quantitative estimate of drug-likeness (QED) is 0.641. The molecule has 0 radical (unpaired) electrons. The number of ether oxygens (including phenoxy) is 2. The molecule has 3 aromatic carbocycles. The maximum atomic E-state index is 12.5. The van der Waals surface area contributed by atoms with Crippen molar-refractivity contribution in [2.45, 2.75) is 23.2 Å². The molecule has 0 spiro atoms. The van der Waals surface area contributed by atoms with Gasteiger partial charge < -0.3 is 19.9 Å². The summed E-state index contributed by atoms with van der Waals surface area (Å²) in [6.45, 7) is 1.99. The third kappa shape index (κ3) is 4.09. The van der Waals surface area contributed by atoms with Gasteiger partial charge in [-0.3, -0.25) is 4.79 Å². The number of para-hydroxylation sites is 1. The lowest BCUT2D eigenvalue weighted by molar-refractivity contribution is -0.124. The Kier molecular flexibility index (Phi) is 5.47. The van der Waals surface area contributed by atoms with Gasteiger partial charge in [0.25, 0.3) is 5.91 Å². The van der Waals surface area contributed by atoms with E-state index in [1.54, 1.807) is 13.2 Å². The Bertz CT molecular complexity index is 1040. The molecule has 1 aliphatic rings. The lowest BCUT2D eigenvalue weighted by atomic mass is 10.1. The zero-order chi connectivity index (χ0) is 20.4. The highest BCUT2D eigenvalue weighted by atomic mass is 32.2. The number of carbonyl (C=O) groups excluding carboxylic acids is 1. The van der Waals surface area contributed by atoms with Crippen molar-refractivity contribution in [1.29, 1.82) is 0 Å². The van der Waals surface area contributed by atoms with Crippen LogP contribution in [0.3, 0.4) is 0 Å². The summed E-state index contributed by atoms with van der Waals surface area (Å²) in [5.74, 6) is 1.75. The first-order valence-corrected chi connectivity index (χ1v) is 10.1. The molecule has 29 heavy (non-hydrogen) atoms. The number of hydrogen-bond donors (Lipinski definition) is 2. The van der Waals surface area contributed by atoms with Crippen molar-refractivity contribution in [2.24, 2.45) is 0 Å². The normalized spacial score (nSPS) is 18.4. The molecule has 5 nitrogen and oxygen atoms in total. The SMILES string of the molecule is COc1ccc([C@@H]2Sc3cc(Oc4ccccc4C)ccc3NC(=O)[C@@H]2O)cc1. The Hall–Kier alpha value is -2.96. The summed E-state index contributed by atoms with van der Waals surface area (Å²) >= 11 is 1.43. The average molecular weight is 407 g/mol. The van der Waals surface area contributed by atoms with E-state index in [0.717, 1.165) is 27.5 Å². The van der Waals surface area contributed by atoms with E-state index < -0.39 is 17.3 Å². The number of aliphatic hydroxyl groups excluding tert-OH is 1. The largest absolute Gasteiger partial charge is 0.497 e. The predicted octanol–water partition coefficient (Wildman–Crippen LogP) is 4.94. The number of benzene rings is 3. The number of rotatable bonds is 4. The second-order valence-corrected chi connectivity index (χ2v) is 7.95. The standard InChI is InChI=1S/C23H21NO4S/c1-14-5-3-4-6-19(14)28-17-11-12-18-20(13-17)29-22(21(25)23(26)24-18)15-7-9-16(27-2)10-8-15/h3-13,21-22,25H,1-2H3,(H,24,26)/t21-,22+/m1/s1. The van der Waals surface area contributed by atoms with Crippen LogP contribution in [0, 0.1) is 6.92 Å². The van der Waals surface area contributed by atoms with E-state index in [9.17, 15) is 9.90 Å². The van der Waals surface area contributed by atoms with Gasteiger partial charge in [-0.2, -0.15) is 0 Å². The van der Waals surface area contributed by atoms with E-state index in [-0.39, 0.29) is 0 Å². The number of fused-ring (bicyclic) bond motifs is 1. The molecule has 0 unspecified atom stereocenters. The summed E-state index contributed by atoms with van der Waals surface area (Å²) in [5.41, 5.74) is 2.54. The first kappa shape index (κ1) is 19.4. The van der Waals surface area contributed by atoms with Gasteiger partial charge in [-0.15, -0.1) is 11.8 Å². The zero-order valence-electron chi connectivity index (χ0n) is 16.1. The van der Waals surface area contributed by atoms with Gasteiger partial charge in [0.15, 0.2) is 0 Å². The van der Waals surface area contributed by atoms with Crippen molar-refractivity contribution in [3.8, 4) is 17.2 Å². The van der Waals surface area contributed by atoms with E-state index >= 15 is 0 Å². The minimum atomic E-state index is -1.18. The fourth-order valence-electron chi connectivity index (χ4n) is 3.15. The van der Waals surface area contributed by atoms with Crippen molar-refractivity contribution in [2.75, 3.05) is 12.4 Å². The molecule has 1 aliphatic heterocycles. The molecular weight excluding hydrogens is 386 g/mol. The average Bonchev–Trinajstić information content (AvgIpc) is 2.86. The van der Waals surface area contributed by atoms with Gasteiger partial charge in [-0.1, -0.05) is 30.3 Å². The summed E-state index contributed by atoms with van der Waals surface area (Å²) in [6.07, 6.45) is -1.18. The summed E-state index contributed by atoms with van der Waals surface area (Å²) < 4.78 is 11.2. The van der Waals surface area contributed by atoms with Crippen LogP contribution < -0.4 is 14.8 Å². The molecule has 0 saturated heterocycles. The Morgan fingerprint density at radius 2 is 1.72 bits per heavy atom. The number of nitrogens with one attached hydrogen (secondary N) is 1. The third-order valence-corrected chi connectivity index (χ3v) is 6.16. The number of anilines is 1. The first-order valence-electron chi connectivity index (χ1n) is 9.22. The molecule has 148 valence electrons. The van der Waals surface area contributed by atoms with Crippen LogP contribution in [0.2, 0.25) is 0 Å². The highest BCUT2D eigenvalue weighted by molar-refractivity contribution is 7.99. The molecule has 0 aliphatic carbocycles. The molecule has 4 rings (SSSR count). The summed E-state index contributed by atoms with van der Waals surface area (Å²) in [7, 11) is 1.60. The summed E-state index contributed by atoms with van der Waals surface area (Å²) in [6, 6.07) is 20.7. The number of aryl methyl sites for hydroxylation is 1. The predicted molar refractivity (Wildman–Crippen MR) is 114 cm³/mol. The number of carbonyl (C=O) groups is 1. The minimum absolute atomic E-state index is 0.426. The molecule has 2 atom stereocenters. The molecule has 2 N–H and O–H groups in total. The van der Waals surface area contributed by atoms with E-state index in [4.69, 9.17) is 9.47 Å². The number of aliphatic hydroxyl groups is 1. The molecule has 3 aromatic rings. The van der Waals surface area contributed by atoms with Gasteiger partial charge in [0.05, 0.1) is 18.0 Å². The summed E-state index contributed by atoms with van der Waals surface area (Å²) in [5, 5.41) is 13.0.